The number of rotatable bonds is 6. The number of benzene rings is 2. The van der Waals surface area contributed by atoms with Crippen LogP contribution in [0.2, 0.25) is 0 Å². The van der Waals surface area contributed by atoms with Crippen molar-refractivity contribution in [1.82, 2.24) is 5.32 Å². The van der Waals surface area contributed by atoms with Gasteiger partial charge in [-0.1, -0.05) is 22.0 Å². The third-order valence-corrected chi connectivity index (χ3v) is 3.61. The molecule has 0 bridgehead atoms. The summed E-state index contributed by atoms with van der Waals surface area (Å²) in [6, 6.07) is 13.9. The fourth-order valence-corrected chi connectivity index (χ4v) is 2.17. The molecule has 0 aliphatic heterocycles. The third-order valence-electron chi connectivity index (χ3n) is 3.08. The van der Waals surface area contributed by atoms with Crippen LogP contribution < -0.4 is 10.6 Å². The summed E-state index contributed by atoms with van der Waals surface area (Å²) in [6.45, 7) is 0.861. The minimum Gasteiger partial charge on any atom is -0.383 e. The van der Waals surface area contributed by atoms with Gasteiger partial charge in [0.15, 0.2) is 0 Å². The summed E-state index contributed by atoms with van der Waals surface area (Å²) in [7, 11) is 1.57. The fourth-order valence-electron chi connectivity index (χ4n) is 1.91. The van der Waals surface area contributed by atoms with Crippen LogP contribution in [0.5, 0.6) is 0 Å². The molecule has 0 aliphatic carbocycles. The Bertz CT molecular complexity index is 686. The predicted octanol–water partition coefficient (Wildman–Crippen LogP) is 3.08. The van der Waals surface area contributed by atoms with Gasteiger partial charge < -0.3 is 15.4 Å². The maximum absolute atomic E-state index is 12.3. The average Bonchev–Trinajstić information content (AvgIpc) is 2.57. The van der Waals surface area contributed by atoms with Crippen LogP contribution in [0.1, 0.15) is 20.7 Å². The van der Waals surface area contributed by atoms with Gasteiger partial charge in [0.2, 0.25) is 0 Å². The molecule has 2 rings (SSSR count). The second-order valence-electron chi connectivity index (χ2n) is 4.79. The molecule has 0 spiro atoms. The van der Waals surface area contributed by atoms with Gasteiger partial charge in [0.05, 0.1) is 6.61 Å². The second-order valence-corrected chi connectivity index (χ2v) is 5.71. The number of carbonyl (C=O) groups excluding carboxylic acids is 2. The molecule has 23 heavy (non-hydrogen) atoms. The molecule has 0 aliphatic rings. The molecular formula is C17H17BrN2O3. The molecule has 120 valence electrons. The molecule has 0 aromatic heterocycles. The topological polar surface area (TPSA) is 67.4 Å². The molecule has 2 amide bonds. The number of amides is 2. The number of hydrogen-bond acceptors (Lipinski definition) is 3. The van der Waals surface area contributed by atoms with E-state index in [0.717, 1.165) is 4.47 Å². The summed E-state index contributed by atoms with van der Waals surface area (Å²) < 4.78 is 5.82. The van der Waals surface area contributed by atoms with E-state index in [1.54, 1.807) is 43.5 Å². The molecule has 0 saturated carbocycles. The number of anilines is 1. The van der Waals surface area contributed by atoms with Crippen LogP contribution in [0.25, 0.3) is 0 Å². The van der Waals surface area contributed by atoms with Crippen molar-refractivity contribution in [1.29, 1.82) is 0 Å². The molecule has 0 saturated heterocycles. The maximum Gasteiger partial charge on any atom is 0.255 e. The Morgan fingerprint density at radius 2 is 1.70 bits per heavy atom. The van der Waals surface area contributed by atoms with Crippen LogP contribution >= 0.6 is 15.9 Å². The smallest absolute Gasteiger partial charge is 0.255 e. The average molecular weight is 377 g/mol. The lowest BCUT2D eigenvalue weighted by Gasteiger charge is -2.08. The van der Waals surface area contributed by atoms with Gasteiger partial charge in [-0.05, 0) is 42.5 Å². The van der Waals surface area contributed by atoms with Crippen molar-refractivity contribution in [2.75, 3.05) is 25.6 Å². The van der Waals surface area contributed by atoms with Crippen molar-refractivity contribution >= 4 is 33.4 Å². The Kier molecular flexibility index (Phi) is 6.31. The van der Waals surface area contributed by atoms with Gasteiger partial charge in [-0.15, -0.1) is 0 Å². The lowest BCUT2D eigenvalue weighted by molar-refractivity contribution is 0.0937. The van der Waals surface area contributed by atoms with Gasteiger partial charge in [-0.3, -0.25) is 9.59 Å². The fraction of sp³-hybridized carbons (Fsp3) is 0.176. The quantitative estimate of drug-likeness (QED) is 0.761. The summed E-state index contributed by atoms with van der Waals surface area (Å²) in [6.07, 6.45) is 0. The highest BCUT2D eigenvalue weighted by molar-refractivity contribution is 9.10. The third kappa shape index (κ3) is 5.19. The number of carbonyl (C=O) groups is 2. The van der Waals surface area contributed by atoms with Crippen molar-refractivity contribution in [2.45, 2.75) is 0 Å². The lowest BCUT2D eigenvalue weighted by Crippen LogP contribution is -2.27. The van der Waals surface area contributed by atoms with Crippen LogP contribution in [-0.4, -0.2) is 32.1 Å². The van der Waals surface area contributed by atoms with E-state index in [1.165, 1.54) is 0 Å². The molecular weight excluding hydrogens is 360 g/mol. The van der Waals surface area contributed by atoms with E-state index in [1.807, 2.05) is 12.1 Å². The number of hydrogen-bond donors (Lipinski definition) is 2. The summed E-state index contributed by atoms with van der Waals surface area (Å²) in [5.41, 5.74) is 1.55. The highest BCUT2D eigenvalue weighted by Gasteiger charge is 2.10. The Balaban J connectivity index is 2.04. The first-order valence-electron chi connectivity index (χ1n) is 7.04. The normalized spacial score (nSPS) is 10.2. The molecule has 6 heteroatoms. The van der Waals surface area contributed by atoms with E-state index < -0.39 is 0 Å². The van der Waals surface area contributed by atoms with Crippen LogP contribution in [0.3, 0.4) is 0 Å². The van der Waals surface area contributed by atoms with Crippen LogP contribution in [0.15, 0.2) is 53.0 Å². The zero-order valence-electron chi connectivity index (χ0n) is 12.6. The summed E-state index contributed by atoms with van der Waals surface area (Å²) in [5.74, 6) is -0.501. The number of halogens is 1. The predicted molar refractivity (Wildman–Crippen MR) is 92.7 cm³/mol. The van der Waals surface area contributed by atoms with Crippen molar-refractivity contribution in [3.63, 3.8) is 0 Å². The largest absolute Gasteiger partial charge is 0.383 e. The maximum atomic E-state index is 12.3. The molecule has 2 aromatic carbocycles. The first-order chi connectivity index (χ1) is 11.1. The van der Waals surface area contributed by atoms with Crippen molar-refractivity contribution in [3.05, 3.63) is 64.1 Å². The summed E-state index contributed by atoms with van der Waals surface area (Å²) in [5, 5.41) is 5.51. The highest BCUT2D eigenvalue weighted by atomic mass is 79.9. The number of ether oxygens (including phenoxy) is 1. The standard InChI is InChI=1S/C17H17BrN2O3/c1-23-10-9-19-16(21)12-3-2-4-13(11-12)17(22)20-15-7-5-14(18)6-8-15/h2-8,11H,9-10H2,1H3,(H,19,21)(H,20,22). The minimum absolute atomic E-state index is 0.236. The number of methoxy groups -OCH3 is 1. The highest BCUT2D eigenvalue weighted by Crippen LogP contribution is 2.15. The van der Waals surface area contributed by atoms with E-state index in [2.05, 4.69) is 26.6 Å². The van der Waals surface area contributed by atoms with Crippen LogP contribution in [0, 0.1) is 0 Å². The first kappa shape index (κ1) is 17.2. The molecule has 0 unspecified atom stereocenters. The Morgan fingerprint density at radius 1 is 1.04 bits per heavy atom. The molecule has 2 aromatic rings. The van der Waals surface area contributed by atoms with Gasteiger partial charge in [-0.2, -0.15) is 0 Å². The summed E-state index contributed by atoms with van der Waals surface area (Å²) >= 11 is 3.34. The SMILES string of the molecule is COCCNC(=O)c1cccc(C(=O)Nc2ccc(Br)cc2)c1. The Hall–Kier alpha value is -2.18. The molecule has 2 N–H and O–H groups in total. The van der Waals surface area contributed by atoms with Gasteiger partial charge in [0.1, 0.15) is 0 Å². The van der Waals surface area contributed by atoms with Gasteiger partial charge in [-0.25, -0.2) is 0 Å². The monoisotopic (exact) mass is 376 g/mol. The van der Waals surface area contributed by atoms with E-state index in [-0.39, 0.29) is 11.8 Å². The van der Waals surface area contributed by atoms with E-state index in [9.17, 15) is 9.59 Å². The van der Waals surface area contributed by atoms with E-state index in [0.29, 0.717) is 30.0 Å². The minimum atomic E-state index is -0.265. The van der Waals surface area contributed by atoms with Crippen molar-refractivity contribution in [3.8, 4) is 0 Å². The molecule has 0 radical (unpaired) electrons. The molecule has 0 atom stereocenters. The van der Waals surface area contributed by atoms with Gasteiger partial charge in [0, 0.05) is 34.9 Å². The Morgan fingerprint density at radius 3 is 2.35 bits per heavy atom. The second kappa shape index (κ2) is 8.45. The Labute approximate surface area is 143 Å². The van der Waals surface area contributed by atoms with Crippen LogP contribution in [0.4, 0.5) is 5.69 Å². The number of nitrogens with one attached hydrogen (secondary N) is 2. The van der Waals surface area contributed by atoms with Crippen molar-refractivity contribution in [2.24, 2.45) is 0 Å². The first-order valence-corrected chi connectivity index (χ1v) is 7.83. The molecule has 5 nitrogen and oxygen atoms in total. The van der Waals surface area contributed by atoms with E-state index >= 15 is 0 Å². The lowest BCUT2D eigenvalue weighted by atomic mass is 10.1. The zero-order valence-corrected chi connectivity index (χ0v) is 14.2. The van der Waals surface area contributed by atoms with Gasteiger partial charge >= 0.3 is 0 Å². The van der Waals surface area contributed by atoms with Crippen molar-refractivity contribution < 1.29 is 14.3 Å². The molecule has 0 fully saturated rings. The molecule has 0 heterocycles. The van der Waals surface area contributed by atoms with Crippen LogP contribution in [-0.2, 0) is 4.74 Å². The summed E-state index contributed by atoms with van der Waals surface area (Å²) in [4.78, 5) is 24.2. The zero-order chi connectivity index (χ0) is 16.7. The van der Waals surface area contributed by atoms with Gasteiger partial charge in [0.25, 0.3) is 11.8 Å². The van der Waals surface area contributed by atoms with E-state index in [4.69, 9.17) is 4.74 Å².